The molecule has 7 heteroatoms. The molecule has 0 aliphatic heterocycles. The minimum atomic E-state index is -0.945. The van der Waals surface area contributed by atoms with Crippen LogP contribution in [0.5, 0.6) is 0 Å². The van der Waals surface area contributed by atoms with Crippen molar-refractivity contribution in [2.24, 2.45) is 5.73 Å². The van der Waals surface area contributed by atoms with Crippen LogP contribution in [-0.2, 0) is 14.4 Å². The molecule has 0 heterocycles. The van der Waals surface area contributed by atoms with Gasteiger partial charge in [-0.2, -0.15) is 0 Å². The zero-order valence-corrected chi connectivity index (χ0v) is 13.9. The molecular formula is C16H29N3O4. The monoisotopic (exact) mass is 327 g/mol. The molecule has 1 aliphatic rings. The number of carbonyl (C=O) groups excluding carboxylic acids is 3. The smallest absolute Gasteiger partial charge is 0.239 e. The third kappa shape index (κ3) is 7.09. The number of carbonyl (C=O) groups is 3. The predicted octanol–water partition coefficient (Wildman–Crippen LogP) is 0.000600. The van der Waals surface area contributed by atoms with Gasteiger partial charge in [0.05, 0.1) is 24.6 Å². The standard InChI is InChI=1S/C16H29N3O4/c1-2-13(20)12(6-9-17)19-15(22)11-18-14(21)10-16(23)7-4-3-5-8-16/h12,23H,2-11,17H2,1H3,(H,18,21)(H,19,22). The second kappa shape index (κ2) is 9.62. The Balaban J connectivity index is 2.36. The van der Waals surface area contributed by atoms with Crippen molar-refractivity contribution in [1.29, 1.82) is 0 Å². The molecule has 132 valence electrons. The highest BCUT2D eigenvalue weighted by molar-refractivity contribution is 5.91. The Bertz CT molecular complexity index is 420. The molecule has 1 unspecified atom stereocenters. The third-order valence-corrected chi connectivity index (χ3v) is 4.25. The van der Waals surface area contributed by atoms with Gasteiger partial charge >= 0.3 is 0 Å². The number of aliphatic hydroxyl groups is 1. The fourth-order valence-corrected chi connectivity index (χ4v) is 2.90. The van der Waals surface area contributed by atoms with E-state index in [9.17, 15) is 19.5 Å². The number of hydrogen-bond donors (Lipinski definition) is 4. The van der Waals surface area contributed by atoms with Crippen LogP contribution in [0.15, 0.2) is 0 Å². The Hall–Kier alpha value is -1.47. The van der Waals surface area contributed by atoms with Gasteiger partial charge in [-0.25, -0.2) is 0 Å². The van der Waals surface area contributed by atoms with Crippen LogP contribution in [0.1, 0.15) is 58.3 Å². The quantitative estimate of drug-likeness (QED) is 0.475. The minimum absolute atomic E-state index is 0.0143. The molecule has 1 aliphatic carbocycles. The molecule has 0 saturated heterocycles. The molecule has 0 bridgehead atoms. The summed E-state index contributed by atoms with van der Waals surface area (Å²) in [6.07, 6.45) is 4.89. The van der Waals surface area contributed by atoms with Crippen molar-refractivity contribution in [3.63, 3.8) is 0 Å². The molecule has 23 heavy (non-hydrogen) atoms. The Kier molecular flexibility index (Phi) is 8.19. The van der Waals surface area contributed by atoms with E-state index in [4.69, 9.17) is 5.73 Å². The average molecular weight is 327 g/mol. The van der Waals surface area contributed by atoms with E-state index in [2.05, 4.69) is 10.6 Å². The molecule has 5 N–H and O–H groups in total. The van der Waals surface area contributed by atoms with Crippen LogP contribution in [0, 0.1) is 0 Å². The minimum Gasteiger partial charge on any atom is -0.389 e. The first-order valence-electron chi connectivity index (χ1n) is 8.41. The Labute approximate surface area is 137 Å². The van der Waals surface area contributed by atoms with Crippen LogP contribution in [0.3, 0.4) is 0 Å². The zero-order valence-electron chi connectivity index (χ0n) is 13.9. The zero-order chi connectivity index (χ0) is 17.3. The van der Waals surface area contributed by atoms with Crippen molar-refractivity contribution >= 4 is 17.6 Å². The van der Waals surface area contributed by atoms with E-state index in [0.29, 0.717) is 32.2 Å². The van der Waals surface area contributed by atoms with Gasteiger partial charge in [-0.05, 0) is 25.8 Å². The van der Waals surface area contributed by atoms with Crippen LogP contribution in [0.25, 0.3) is 0 Å². The van der Waals surface area contributed by atoms with Gasteiger partial charge in [-0.3, -0.25) is 14.4 Å². The van der Waals surface area contributed by atoms with E-state index >= 15 is 0 Å². The molecule has 1 rings (SSSR count). The van der Waals surface area contributed by atoms with Crippen LogP contribution in [0.2, 0.25) is 0 Å². The van der Waals surface area contributed by atoms with E-state index in [-0.39, 0.29) is 24.7 Å². The lowest BCUT2D eigenvalue weighted by Gasteiger charge is -2.31. The third-order valence-electron chi connectivity index (χ3n) is 4.25. The van der Waals surface area contributed by atoms with Crippen molar-refractivity contribution in [3.05, 3.63) is 0 Å². The van der Waals surface area contributed by atoms with Crippen molar-refractivity contribution in [2.45, 2.75) is 69.9 Å². The van der Waals surface area contributed by atoms with Crippen molar-refractivity contribution in [1.82, 2.24) is 10.6 Å². The first kappa shape index (κ1) is 19.6. The van der Waals surface area contributed by atoms with E-state index in [0.717, 1.165) is 19.3 Å². The van der Waals surface area contributed by atoms with Gasteiger partial charge in [0.1, 0.15) is 0 Å². The van der Waals surface area contributed by atoms with Crippen molar-refractivity contribution in [3.8, 4) is 0 Å². The average Bonchev–Trinajstić information content (AvgIpc) is 2.52. The number of nitrogens with one attached hydrogen (secondary N) is 2. The largest absolute Gasteiger partial charge is 0.389 e. The van der Waals surface area contributed by atoms with Gasteiger partial charge in [0.25, 0.3) is 0 Å². The number of Topliss-reactive ketones (excluding diaryl/α,β-unsaturated/α-hetero) is 1. The van der Waals surface area contributed by atoms with Gasteiger partial charge < -0.3 is 21.5 Å². The number of ketones is 1. The van der Waals surface area contributed by atoms with Gasteiger partial charge in [0.15, 0.2) is 5.78 Å². The molecular weight excluding hydrogens is 298 g/mol. The fourth-order valence-electron chi connectivity index (χ4n) is 2.90. The van der Waals surface area contributed by atoms with Gasteiger partial charge in [-0.15, -0.1) is 0 Å². The molecule has 0 spiro atoms. The molecule has 0 aromatic rings. The maximum absolute atomic E-state index is 11.9. The molecule has 0 aromatic heterocycles. The second-order valence-electron chi connectivity index (χ2n) is 6.26. The highest BCUT2D eigenvalue weighted by atomic mass is 16.3. The number of hydrogen-bond acceptors (Lipinski definition) is 5. The number of rotatable bonds is 9. The Morgan fingerprint density at radius 1 is 1.17 bits per heavy atom. The Morgan fingerprint density at radius 2 is 1.83 bits per heavy atom. The summed E-state index contributed by atoms with van der Waals surface area (Å²) in [4.78, 5) is 35.4. The predicted molar refractivity (Wildman–Crippen MR) is 86.6 cm³/mol. The summed E-state index contributed by atoms with van der Waals surface area (Å²) in [7, 11) is 0. The molecule has 1 fully saturated rings. The second-order valence-corrected chi connectivity index (χ2v) is 6.26. The topological polar surface area (TPSA) is 122 Å². The van der Waals surface area contributed by atoms with Crippen molar-refractivity contribution in [2.75, 3.05) is 13.1 Å². The first-order valence-corrected chi connectivity index (χ1v) is 8.41. The Morgan fingerprint density at radius 3 is 2.39 bits per heavy atom. The van der Waals surface area contributed by atoms with Gasteiger partial charge in [0, 0.05) is 6.42 Å². The summed E-state index contributed by atoms with van der Waals surface area (Å²) in [6.45, 7) is 1.83. The number of nitrogens with two attached hydrogens (primary N) is 1. The first-order chi connectivity index (χ1) is 10.9. The van der Waals surface area contributed by atoms with E-state index < -0.39 is 17.6 Å². The van der Waals surface area contributed by atoms with E-state index in [1.807, 2.05) is 0 Å². The van der Waals surface area contributed by atoms with Gasteiger partial charge in [-0.1, -0.05) is 26.2 Å². The maximum Gasteiger partial charge on any atom is 0.239 e. The summed E-state index contributed by atoms with van der Waals surface area (Å²) >= 11 is 0. The lowest BCUT2D eigenvalue weighted by molar-refractivity contribution is -0.131. The molecule has 0 radical (unpaired) electrons. The van der Waals surface area contributed by atoms with Crippen LogP contribution in [0.4, 0.5) is 0 Å². The maximum atomic E-state index is 11.9. The van der Waals surface area contributed by atoms with Crippen molar-refractivity contribution < 1.29 is 19.5 Å². The van der Waals surface area contributed by atoms with Crippen LogP contribution >= 0.6 is 0 Å². The summed E-state index contributed by atoms with van der Waals surface area (Å²) in [6, 6.07) is -0.600. The molecule has 1 atom stereocenters. The highest BCUT2D eigenvalue weighted by Gasteiger charge is 2.31. The lowest BCUT2D eigenvalue weighted by atomic mass is 9.82. The number of amides is 2. The highest BCUT2D eigenvalue weighted by Crippen LogP contribution is 2.30. The summed E-state index contributed by atoms with van der Waals surface area (Å²) in [5.41, 5.74) is 4.49. The summed E-state index contributed by atoms with van der Waals surface area (Å²) < 4.78 is 0. The molecule has 0 aromatic carbocycles. The fraction of sp³-hybridized carbons (Fsp3) is 0.812. The summed E-state index contributed by atoms with van der Waals surface area (Å²) in [5.74, 6) is -0.845. The van der Waals surface area contributed by atoms with E-state index in [1.54, 1.807) is 6.92 Å². The van der Waals surface area contributed by atoms with Gasteiger partial charge in [0.2, 0.25) is 11.8 Å². The molecule has 1 saturated carbocycles. The normalized spacial score (nSPS) is 18.0. The van der Waals surface area contributed by atoms with Crippen LogP contribution in [-0.4, -0.2) is 47.4 Å². The SMILES string of the molecule is CCC(=O)C(CCN)NC(=O)CNC(=O)CC1(O)CCCCC1. The molecule has 7 nitrogen and oxygen atoms in total. The van der Waals surface area contributed by atoms with E-state index in [1.165, 1.54) is 0 Å². The summed E-state index contributed by atoms with van der Waals surface area (Å²) in [5, 5.41) is 15.4. The lowest BCUT2D eigenvalue weighted by Crippen LogP contribution is -2.47. The van der Waals surface area contributed by atoms with Crippen LogP contribution < -0.4 is 16.4 Å². The molecule has 2 amide bonds.